The molecule has 0 aliphatic carbocycles. The van der Waals surface area contributed by atoms with E-state index in [0.717, 1.165) is 15.8 Å². The molecule has 2 rings (SSSR count). The van der Waals surface area contributed by atoms with Gasteiger partial charge in [-0.05, 0) is 28.1 Å². The molecule has 0 amide bonds. The number of halogens is 5. The molecule has 5 nitrogen and oxygen atoms in total. The van der Waals surface area contributed by atoms with Gasteiger partial charge in [-0.3, -0.25) is 4.99 Å². The number of nitrogens with zero attached hydrogens (tertiary/aromatic N) is 3. The van der Waals surface area contributed by atoms with E-state index in [0.29, 0.717) is 12.5 Å². The highest BCUT2D eigenvalue weighted by molar-refractivity contribution is 14.0. The molecule has 128 valence electrons. The number of fused-ring (bicyclic) bond motifs is 1. The zero-order valence-electron chi connectivity index (χ0n) is 12.2. The van der Waals surface area contributed by atoms with Crippen LogP contribution >= 0.6 is 39.9 Å². The van der Waals surface area contributed by atoms with Gasteiger partial charge < -0.3 is 15.0 Å². The van der Waals surface area contributed by atoms with E-state index in [2.05, 4.69) is 36.5 Å². The molecule has 0 radical (unpaired) electrons. The molecule has 2 aromatic rings. The van der Waals surface area contributed by atoms with Gasteiger partial charge in [-0.15, -0.1) is 24.0 Å². The van der Waals surface area contributed by atoms with Crippen molar-refractivity contribution in [3.63, 3.8) is 0 Å². The number of rotatable bonds is 4. The fourth-order valence-electron chi connectivity index (χ4n) is 1.82. The van der Waals surface area contributed by atoms with Crippen molar-refractivity contribution in [1.29, 1.82) is 0 Å². The molecule has 2 aromatic heterocycles. The molecule has 0 aromatic carbocycles. The maximum Gasteiger partial charge on any atom is 0.390 e. The predicted molar refractivity (Wildman–Crippen MR) is 97.2 cm³/mol. The molecule has 0 fully saturated rings. The summed E-state index contributed by atoms with van der Waals surface area (Å²) in [5.41, 5.74) is 1.55. The van der Waals surface area contributed by atoms with Gasteiger partial charge in [0.2, 0.25) is 0 Å². The van der Waals surface area contributed by atoms with Gasteiger partial charge in [0.25, 0.3) is 0 Å². The zero-order chi connectivity index (χ0) is 16.2. The zero-order valence-corrected chi connectivity index (χ0v) is 16.1. The molecule has 0 spiro atoms. The van der Waals surface area contributed by atoms with Crippen LogP contribution in [0.15, 0.2) is 34.0 Å². The standard InChI is InChI=1S/C13H15BrF3N5.HI/c1-18-12(19-5-4-13(15,16)17)20-6-10-8-22-7-9(14)2-3-11(22)21-10;/h2-3,7-8H,4-6H2,1H3,(H2,18,19,20);1H. The average Bonchev–Trinajstić information content (AvgIpc) is 2.83. The molecule has 0 bridgehead atoms. The summed E-state index contributed by atoms with van der Waals surface area (Å²) in [6, 6.07) is 3.75. The Morgan fingerprint density at radius 2 is 2.04 bits per heavy atom. The molecule has 0 unspecified atom stereocenters. The molecule has 0 atom stereocenters. The molecule has 0 saturated carbocycles. The second kappa shape index (κ2) is 8.71. The number of aromatic nitrogens is 2. The minimum absolute atomic E-state index is 0. The van der Waals surface area contributed by atoms with Gasteiger partial charge in [-0.2, -0.15) is 13.2 Å². The third-order valence-electron chi connectivity index (χ3n) is 2.83. The summed E-state index contributed by atoms with van der Waals surface area (Å²) in [4.78, 5) is 8.27. The lowest BCUT2D eigenvalue weighted by Gasteiger charge is -2.12. The van der Waals surface area contributed by atoms with Gasteiger partial charge in [0.1, 0.15) is 5.65 Å². The maximum atomic E-state index is 12.1. The van der Waals surface area contributed by atoms with Crippen LogP contribution in [0.25, 0.3) is 5.65 Å². The van der Waals surface area contributed by atoms with Gasteiger partial charge in [-0.25, -0.2) is 4.98 Å². The van der Waals surface area contributed by atoms with Crippen LogP contribution in [-0.2, 0) is 6.54 Å². The third-order valence-corrected chi connectivity index (χ3v) is 3.30. The second-order valence-electron chi connectivity index (χ2n) is 4.56. The van der Waals surface area contributed by atoms with E-state index in [-0.39, 0.29) is 30.5 Å². The number of guanidine groups is 1. The van der Waals surface area contributed by atoms with Crippen LogP contribution in [0.3, 0.4) is 0 Å². The largest absolute Gasteiger partial charge is 0.390 e. The van der Waals surface area contributed by atoms with E-state index < -0.39 is 12.6 Å². The first-order valence-electron chi connectivity index (χ1n) is 6.52. The Labute approximate surface area is 156 Å². The van der Waals surface area contributed by atoms with Gasteiger partial charge in [0.05, 0.1) is 18.7 Å². The lowest BCUT2D eigenvalue weighted by molar-refractivity contribution is -0.132. The van der Waals surface area contributed by atoms with Crippen molar-refractivity contribution in [3.8, 4) is 0 Å². The molecule has 0 aliphatic rings. The summed E-state index contributed by atoms with van der Waals surface area (Å²) in [6.07, 6.45) is -1.37. The van der Waals surface area contributed by atoms with E-state index in [1.807, 2.05) is 28.9 Å². The van der Waals surface area contributed by atoms with Crippen LogP contribution in [0.2, 0.25) is 0 Å². The number of hydrogen-bond acceptors (Lipinski definition) is 2. The molecule has 2 heterocycles. The third kappa shape index (κ3) is 6.53. The Morgan fingerprint density at radius 3 is 2.70 bits per heavy atom. The number of alkyl halides is 3. The van der Waals surface area contributed by atoms with Crippen LogP contribution in [0, 0.1) is 0 Å². The smallest absolute Gasteiger partial charge is 0.356 e. The van der Waals surface area contributed by atoms with E-state index in [4.69, 9.17) is 0 Å². The van der Waals surface area contributed by atoms with Crippen LogP contribution in [0.1, 0.15) is 12.1 Å². The Hall–Kier alpha value is -1.04. The van der Waals surface area contributed by atoms with Gasteiger partial charge in [-0.1, -0.05) is 0 Å². The first kappa shape index (κ1) is 20.0. The first-order chi connectivity index (χ1) is 10.4. The topological polar surface area (TPSA) is 53.7 Å². The summed E-state index contributed by atoms with van der Waals surface area (Å²) in [5.74, 6) is 0.308. The molecule has 23 heavy (non-hydrogen) atoms. The van der Waals surface area contributed by atoms with E-state index >= 15 is 0 Å². The second-order valence-corrected chi connectivity index (χ2v) is 5.48. The van der Waals surface area contributed by atoms with Crippen LogP contribution < -0.4 is 10.6 Å². The highest BCUT2D eigenvalue weighted by Gasteiger charge is 2.26. The minimum atomic E-state index is -4.18. The summed E-state index contributed by atoms with van der Waals surface area (Å²) >= 11 is 3.37. The van der Waals surface area contributed by atoms with Crippen molar-refractivity contribution in [2.24, 2.45) is 4.99 Å². The maximum absolute atomic E-state index is 12.1. The van der Waals surface area contributed by atoms with Crippen molar-refractivity contribution in [3.05, 3.63) is 34.7 Å². The van der Waals surface area contributed by atoms with Gasteiger partial charge >= 0.3 is 6.18 Å². The Morgan fingerprint density at radius 1 is 1.30 bits per heavy atom. The highest BCUT2D eigenvalue weighted by atomic mass is 127. The van der Waals surface area contributed by atoms with Crippen LogP contribution in [-0.4, -0.2) is 35.1 Å². The predicted octanol–water partition coefficient (Wildman–Crippen LogP) is 3.33. The molecule has 0 saturated heterocycles. The summed E-state index contributed by atoms with van der Waals surface area (Å²) in [6.45, 7) is 0.145. The van der Waals surface area contributed by atoms with E-state index in [1.54, 1.807) is 0 Å². The average molecular weight is 506 g/mol. The summed E-state index contributed by atoms with van der Waals surface area (Å²) < 4.78 is 39.1. The van der Waals surface area contributed by atoms with E-state index in [1.165, 1.54) is 7.05 Å². The molecular weight excluding hydrogens is 490 g/mol. The molecular formula is C13H16BrF3IN5. The van der Waals surface area contributed by atoms with Crippen molar-refractivity contribution < 1.29 is 13.2 Å². The fourth-order valence-corrected chi connectivity index (χ4v) is 2.17. The molecule has 0 aliphatic heterocycles. The quantitative estimate of drug-likeness (QED) is 0.381. The number of imidazole rings is 1. The molecule has 10 heteroatoms. The SMILES string of the molecule is CN=C(NCCC(F)(F)F)NCc1cn2cc(Br)ccc2n1.I. The van der Waals surface area contributed by atoms with Crippen molar-refractivity contribution in [1.82, 2.24) is 20.0 Å². The Kier molecular flexibility index (Phi) is 7.58. The van der Waals surface area contributed by atoms with Crippen molar-refractivity contribution in [2.45, 2.75) is 19.1 Å². The number of hydrogen-bond donors (Lipinski definition) is 2. The van der Waals surface area contributed by atoms with Gasteiger partial charge in [0, 0.05) is 30.5 Å². The first-order valence-corrected chi connectivity index (χ1v) is 7.31. The van der Waals surface area contributed by atoms with Crippen LogP contribution in [0.5, 0.6) is 0 Å². The molecule has 2 N–H and O–H groups in total. The fraction of sp³-hybridized carbons (Fsp3) is 0.385. The number of pyridine rings is 1. The lowest BCUT2D eigenvalue weighted by atomic mass is 10.4. The lowest BCUT2D eigenvalue weighted by Crippen LogP contribution is -2.38. The minimum Gasteiger partial charge on any atom is -0.356 e. The van der Waals surface area contributed by atoms with E-state index in [9.17, 15) is 13.2 Å². The Bertz CT molecular complexity index is 671. The van der Waals surface area contributed by atoms with Crippen molar-refractivity contribution in [2.75, 3.05) is 13.6 Å². The number of nitrogens with one attached hydrogen (secondary N) is 2. The number of aliphatic imine (C=N–C) groups is 1. The summed E-state index contributed by atoms with van der Waals surface area (Å²) in [5, 5.41) is 5.55. The monoisotopic (exact) mass is 505 g/mol. The summed E-state index contributed by atoms with van der Waals surface area (Å²) in [7, 11) is 1.50. The Balaban J connectivity index is 0.00000264. The van der Waals surface area contributed by atoms with Crippen molar-refractivity contribution >= 4 is 51.5 Å². The normalized spacial score (nSPS) is 12.1. The van der Waals surface area contributed by atoms with Crippen LogP contribution in [0.4, 0.5) is 13.2 Å². The highest BCUT2D eigenvalue weighted by Crippen LogP contribution is 2.18. The van der Waals surface area contributed by atoms with Gasteiger partial charge in [0.15, 0.2) is 5.96 Å².